The highest BCUT2D eigenvalue weighted by molar-refractivity contribution is 6.21. The molecule has 1 aliphatic carbocycles. The molecule has 37 heavy (non-hydrogen) atoms. The summed E-state index contributed by atoms with van der Waals surface area (Å²) in [5.74, 6) is -1.63. The van der Waals surface area contributed by atoms with Crippen LogP contribution < -0.4 is 5.32 Å². The minimum absolute atomic E-state index is 0.0384. The first-order chi connectivity index (χ1) is 17.7. The number of carbonyl (C=O) groups excluding carboxylic acids is 2. The van der Waals surface area contributed by atoms with E-state index in [1.165, 1.54) is 18.2 Å². The third kappa shape index (κ3) is 4.34. The van der Waals surface area contributed by atoms with Gasteiger partial charge in [0.1, 0.15) is 17.4 Å². The molecule has 2 aliphatic rings. The summed E-state index contributed by atoms with van der Waals surface area (Å²) < 4.78 is 29.2. The van der Waals surface area contributed by atoms with E-state index in [4.69, 9.17) is 0 Å². The Hall–Kier alpha value is -3.81. The third-order valence-electron chi connectivity index (χ3n) is 7.82. The number of amides is 1. The Morgan fingerprint density at radius 3 is 2.54 bits per heavy atom. The van der Waals surface area contributed by atoms with Crippen molar-refractivity contribution < 1.29 is 18.4 Å². The van der Waals surface area contributed by atoms with Crippen LogP contribution in [0.3, 0.4) is 0 Å². The van der Waals surface area contributed by atoms with E-state index in [2.05, 4.69) is 15.5 Å². The van der Waals surface area contributed by atoms with E-state index in [1.807, 2.05) is 32.6 Å². The average Bonchev–Trinajstić information content (AvgIpc) is 3.19. The van der Waals surface area contributed by atoms with Crippen molar-refractivity contribution in [1.29, 1.82) is 0 Å². The summed E-state index contributed by atoms with van der Waals surface area (Å²) in [7, 11) is 0. The number of ketones is 1. The first-order valence-corrected chi connectivity index (χ1v) is 12.5. The van der Waals surface area contributed by atoms with E-state index in [-0.39, 0.29) is 17.6 Å². The smallest absolute Gasteiger partial charge is 0.254 e. The Labute approximate surface area is 214 Å². The number of H-pyrrole nitrogens is 1. The molecule has 3 atom stereocenters. The van der Waals surface area contributed by atoms with Gasteiger partial charge in [-0.2, -0.15) is 5.10 Å². The molecule has 5 rings (SSSR count). The normalized spacial score (nSPS) is 18.8. The number of fused-ring (bicyclic) bond motifs is 1. The standard InChI is InChI=1S/C29H30F2N4O2/c1-15-26(16(2)34-33-15)17(3)35-14-23-21(9-6-10-24(23)31)27(18(35)4)29(37)32-28(22-11-12-25(22)36)19-7-5-8-20(30)13-19/h5-10,13,17,22,28H,11-12,14H2,1-4H3,(H,32,37)(H,33,34)/t17-,22?,28?/m0/s1. The number of aromatic nitrogens is 2. The monoisotopic (exact) mass is 504 g/mol. The van der Waals surface area contributed by atoms with Gasteiger partial charge in [0.2, 0.25) is 0 Å². The van der Waals surface area contributed by atoms with Gasteiger partial charge in [-0.05, 0) is 63.4 Å². The van der Waals surface area contributed by atoms with Gasteiger partial charge in [-0.15, -0.1) is 0 Å². The maximum Gasteiger partial charge on any atom is 0.254 e. The van der Waals surface area contributed by atoms with Crippen LogP contribution in [0, 0.1) is 31.4 Å². The number of hydrogen-bond donors (Lipinski definition) is 2. The number of nitrogens with one attached hydrogen (secondary N) is 2. The lowest BCUT2D eigenvalue weighted by Crippen LogP contribution is -2.43. The molecule has 2 unspecified atom stereocenters. The van der Waals surface area contributed by atoms with E-state index < -0.39 is 23.7 Å². The fraction of sp³-hybridized carbons (Fsp3) is 0.345. The van der Waals surface area contributed by atoms with Crippen LogP contribution in [0.2, 0.25) is 0 Å². The van der Waals surface area contributed by atoms with Crippen molar-refractivity contribution in [2.75, 3.05) is 0 Å². The van der Waals surface area contributed by atoms with Crippen LogP contribution >= 0.6 is 0 Å². The number of aromatic amines is 1. The van der Waals surface area contributed by atoms with Crippen LogP contribution in [-0.4, -0.2) is 26.8 Å². The van der Waals surface area contributed by atoms with Crippen molar-refractivity contribution in [3.05, 3.63) is 93.4 Å². The first kappa shape index (κ1) is 24.9. The van der Waals surface area contributed by atoms with Gasteiger partial charge in [0, 0.05) is 41.4 Å². The summed E-state index contributed by atoms with van der Waals surface area (Å²) in [5.41, 5.74) is 5.30. The summed E-state index contributed by atoms with van der Waals surface area (Å²) >= 11 is 0. The van der Waals surface area contributed by atoms with Gasteiger partial charge in [-0.3, -0.25) is 14.7 Å². The molecule has 3 aromatic rings. The van der Waals surface area contributed by atoms with Crippen LogP contribution in [0.15, 0.2) is 48.2 Å². The Bertz CT molecular complexity index is 1410. The fourth-order valence-corrected chi connectivity index (χ4v) is 5.74. The predicted molar refractivity (Wildman–Crippen MR) is 136 cm³/mol. The Kier molecular flexibility index (Phi) is 6.43. The van der Waals surface area contributed by atoms with Crippen molar-refractivity contribution in [3.8, 4) is 0 Å². The molecule has 192 valence electrons. The van der Waals surface area contributed by atoms with Gasteiger partial charge in [0.05, 0.1) is 23.4 Å². The highest BCUT2D eigenvalue weighted by atomic mass is 19.1. The van der Waals surface area contributed by atoms with E-state index in [0.29, 0.717) is 47.3 Å². The molecule has 1 fully saturated rings. The summed E-state index contributed by atoms with van der Waals surface area (Å²) in [5, 5.41) is 10.3. The van der Waals surface area contributed by atoms with Gasteiger partial charge < -0.3 is 10.2 Å². The topological polar surface area (TPSA) is 78.1 Å². The van der Waals surface area contributed by atoms with Gasteiger partial charge >= 0.3 is 0 Å². The number of aryl methyl sites for hydroxylation is 2. The van der Waals surface area contributed by atoms with Crippen molar-refractivity contribution in [1.82, 2.24) is 20.4 Å². The highest BCUT2D eigenvalue weighted by Crippen LogP contribution is 2.41. The summed E-state index contributed by atoms with van der Waals surface area (Å²) in [6.45, 7) is 8.02. The minimum atomic E-state index is -0.673. The largest absolute Gasteiger partial charge is 0.363 e. The molecule has 0 radical (unpaired) electrons. The zero-order chi connectivity index (χ0) is 26.4. The zero-order valence-electron chi connectivity index (χ0n) is 21.4. The molecule has 1 amide bonds. The van der Waals surface area contributed by atoms with Crippen LogP contribution in [0.25, 0.3) is 5.57 Å². The maximum atomic E-state index is 15.1. The number of hydrogen-bond acceptors (Lipinski definition) is 4. The minimum Gasteiger partial charge on any atom is -0.363 e. The number of nitrogens with zero attached hydrogens (tertiary/aromatic N) is 2. The average molecular weight is 505 g/mol. The molecular weight excluding hydrogens is 474 g/mol. The second-order valence-corrected chi connectivity index (χ2v) is 10.00. The molecule has 0 spiro atoms. The number of allylic oxidation sites excluding steroid dienone is 1. The third-order valence-corrected chi connectivity index (χ3v) is 7.82. The fourth-order valence-electron chi connectivity index (χ4n) is 5.74. The first-order valence-electron chi connectivity index (χ1n) is 12.5. The second-order valence-electron chi connectivity index (χ2n) is 10.00. The molecule has 2 N–H and O–H groups in total. The predicted octanol–water partition coefficient (Wildman–Crippen LogP) is 5.45. The summed E-state index contributed by atoms with van der Waals surface area (Å²) in [4.78, 5) is 28.4. The van der Waals surface area contributed by atoms with Crippen molar-refractivity contribution in [3.63, 3.8) is 0 Å². The Morgan fingerprint density at radius 2 is 1.92 bits per heavy atom. The van der Waals surface area contributed by atoms with E-state index in [9.17, 15) is 14.0 Å². The lowest BCUT2D eigenvalue weighted by atomic mass is 9.75. The molecule has 8 heteroatoms. The number of rotatable bonds is 6. The van der Waals surface area contributed by atoms with Crippen molar-refractivity contribution >= 4 is 17.3 Å². The van der Waals surface area contributed by atoms with Gasteiger partial charge in [0.15, 0.2) is 0 Å². The number of carbonyl (C=O) groups is 2. The number of halogens is 2. The molecule has 6 nitrogen and oxygen atoms in total. The van der Waals surface area contributed by atoms with Crippen LogP contribution in [0.5, 0.6) is 0 Å². The molecule has 1 aliphatic heterocycles. The quantitative estimate of drug-likeness (QED) is 0.468. The maximum absolute atomic E-state index is 15.1. The number of benzene rings is 2. The highest BCUT2D eigenvalue weighted by Gasteiger charge is 2.39. The van der Waals surface area contributed by atoms with Crippen molar-refractivity contribution in [2.24, 2.45) is 5.92 Å². The van der Waals surface area contributed by atoms with Crippen LogP contribution in [-0.2, 0) is 16.1 Å². The Balaban J connectivity index is 1.57. The summed E-state index contributed by atoms with van der Waals surface area (Å²) in [6.07, 6.45) is 1.06. The SMILES string of the molecule is CC1=C(C(=O)NC(c2cccc(F)c2)C2CCC2=O)c2cccc(F)c2CN1[C@@H](C)c1c(C)n[nH]c1C. The molecule has 2 heterocycles. The molecule has 0 saturated heterocycles. The molecule has 1 saturated carbocycles. The van der Waals surface area contributed by atoms with Gasteiger partial charge in [0.25, 0.3) is 5.91 Å². The summed E-state index contributed by atoms with van der Waals surface area (Å²) in [6, 6.07) is 9.86. The van der Waals surface area contributed by atoms with Gasteiger partial charge in [-0.25, -0.2) is 8.78 Å². The molecule has 1 aromatic heterocycles. The van der Waals surface area contributed by atoms with Crippen LogP contribution in [0.4, 0.5) is 8.78 Å². The van der Waals surface area contributed by atoms with Crippen LogP contribution in [0.1, 0.15) is 72.4 Å². The van der Waals surface area contributed by atoms with Crippen molar-refractivity contribution in [2.45, 2.75) is 59.2 Å². The number of Topliss-reactive ketones (excluding diaryl/α,β-unsaturated/α-hetero) is 1. The van der Waals surface area contributed by atoms with Gasteiger partial charge in [-0.1, -0.05) is 24.3 Å². The zero-order valence-corrected chi connectivity index (χ0v) is 21.4. The second kappa shape index (κ2) is 9.57. The van der Waals surface area contributed by atoms with E-state index >= 15 is 4.39 Å². The molecule has 2 aromatic carbocycles. The lowest BCUT2D eigenvalue weighted by Gasteiger charge is -2.39. The molecular formula is C29H30F2N4O2. The molecule has 0 bridgehead atoms. The van der Waals surface area contributed by atoms with E-state index in [0.717, 1.165) is 17.0 Å². The van der Waals surface area contributed by atoms with E-state index in [1.54, 1.807) is 24.3 Å². The lowest BCUT2D eigenvalue weighted by molar-refractivity contribution is -0.131. The Morgan fingerprint density at radius 1 is 1.16 bits per heavy atom.